The van der Waals surface area contributed by atoms with Gasteiger partial charge in [0.25, 0.3) is 11.8 Å². The predicted molar refractivity (Wildman–Crippen MR) is 132 cm³/mol. The van der Waals surface area contributed by atoms with Crippen LogP contribution in [0.15, 0.2) is 0 Å². The highest BCUT2D eigenvalue weighted by Gasteiger charge is 2.35. The number of carboxylic acids is 1. The first kappa shape index (κ1) is 27.2. The molecule has 3 rings (SSSR count). The molecule has 1 fully saturated rings. The number of hydrogen-bond donors (Lipinski definition) is 5. The number of hydrogen-bond acceptors (Lipinski definition) is 8. The first-order chi connectivity index (χ1) is 16.4. The maximum atomic E-state index is 12.8. The third-order valence-corrected chi connectivity index (χ3v) is 7.65. The number of piperidine rings is 1. The third kappa shape index (κ3) is 5.89. The highest BCUT2D eigenvalue weighted by molar-refractivity contribution is 7.17. The molecule has 5 N–H and O–H groups in total. The number of nitrogens with one attached hydrogen (secondary N) is 3. The third-order valence-electron chi connectivity index (χ3n) is 5.60. The molecule has 0 spiro atoms. The molecule has 0 aromatic carbocycles. The van der Waals surface area contributed by atoms with Gasteiger partial charge in [0.2, 0.25) is 0 Å². The maximum absolute atomic E-state index is 12.8. The number of carbonyl (C=O) groups is 3. The van der Waals surface area contributed by atoms with Crippen LogP contribution in [-0.4, -0.2) is 82.5 Å². The standard InChI is InChI=1S/C21H27Cl2N5O6S/c1-9-12(22)13(23)14(24-9)17(30)25-10-5-6-28(7-11(10)34-4)20-26-15(16(35-20)19(32)33)18(31)27-21(2,3)8-29/h10-11,24,29H,5-8H2,1-4H3,(H,25,30)(H,27,31)(H,32,33)/t10-,11+/m1/s1. The van der Waals surface area contributed by atoms with Gasteiger partial charge in [-0.15, -0.1) is 0 Å². The molecule has 0 saturated carbocycles. The van der Waals surface area contributed by atoms with E-state index in [1.165, 1.54) is 7.11 Å². The zero-order valence-corrected chi connectivity index (χ0v) is 21.9. The minimum absolute atomic E-state index is 0.146. The molecular weight excluding hydrogens is 521 g/mol. The van der Waals surface area contributed by atoms with Crippen molar-refractivity contribution in [1.82, 2.24) is 20.6 Å². The van der Waals surface area contributed by atoms with Gasteiger partial charge < -0.3 is 35.5 Å². The predicted octanol–water partition coefficient (Wildman–Crippen LogP) is 2.31. The highest BCUT2D eigenvalue weighted by atomic mass is 35.5. The Morgan fingerprint density at radius 1 is 1.29 bits per heavy atom. The van der Waals surface area contributed by atoms with Gasteiger partial charge in [0, 0.05) is 25.9 Å². The summed E-state index contributed by atoms with van der Waals surface area (Å²) in [4.78, 5) is 46.0. The number of aromatic carboxylic acids is 1. The van der Waals surface area contributed by atoms with E-state index >= 15 is 0 Å². The number of methoxy groups -OCH3 is 1. The van der Waals surface area contributed by atoms with Gasteiger partial charge in [0.05, 0.1) is 34.3 Å². The molecule has 0 radical (unpaired) electrons. The summed E-state index contributed by atoms with van der Waals surface area (Å²) in [6.07, 6.45) is 0.0249. The fraction of sp³-hybridized carbons (Fsp3) is 0.524. The number of aliphatic hydroxyl groups excluding tert-OH is 1. The van der Waals surface area contributed by atoms with Gasteiger partial charge in [-0.2, -0.15) is 0 Å². The summed E-state index contributed by atoms with van der Waals surface area (Å²) in [5, 5.41) is 25.3. The van der Waals surface area contributed by atoms with Crippen LogP contribution in [-0.2, 0) is 4.74 Å². The first-order valence-electron chi connectivity index (χ1n) is 10.7. The SMILES string of the molecule is CO[C@H]1CN(c2nc(C(=O)NC(C)(C)CO)c(C(=O)O)s2)CC[C@H]1NC(=O)c1[nH]c(C)c(Cl)c1Cl. The summed E-state index contributed by atoms with van der Waals surface area (Å²) in [6.45, 7) is 5.33. The summed E-state index contributed by atoms with van der Waals surface area (Å²) in [7, 11) is 1.51. The van der Waals surface area contributed by atoms with Gasteiger partial charge in [-0.05, 0) is 27.2 Å². The molecule has 35 heavy (non-hydrogen) atoms. The zero-order chi connectivity index (χ0) is 26.1. The van der Waals surface area contributed by atoms with E-state index in [0.717, 1.165) is 11.3 Å². The number of rotatable bonds is 8. The summed E-state index contributed by atoms with van der Waals surface area (Å²) in [5.41, 5.74) is -0.421. The van der Waals surface area contributed by atoms with Crippen LogP contribution in [0.5, 0.6) is 0 Å². The summed E-state index contributed by atoms with van der Waals surface area (Å²) in [6, 6.07) is -0.353. The molecule has 0 unspecified atom stereocenters. The number of anilines is 1. The smallest absolute Gasteiger partial charge is 0.348 e. The van der Waals surface area contributed by atoms with Crippen molar-refractivity contribution >= 4 is 57.5 Å². The second kappa shape index (κ2) is 10.7. The lowest BCUT2D eigenvalue weighted by Crippen LogP contribution is -2.55. The Balaban J connectivity index is 1.76. The Labute approximate surface area is 215 Å². The van der Waals surface area contributed by atoms with Crippen LogP contribution in [0.4, 0.5) is 5.13 Å². The number of thiazole rings is 1. The van der Waals surface area contributed by atoms with Crippen LogP contribution in [0.1, 0.15) is 56.6 Å². The zero-order valence-electron chi connectivity index (χ0n) is 19.6. The number of carboxylic acid groups (broad SMARTS) is 1. The number of amides is 2. The molecule has 14 heteroatoms. The van der Waals surface area contributed by atoms with Crippen molar-refractivity contribution in [2.24, 2.45) is 0 Å². The lowest BCUT2D eigenvalue weighted by molar-refractivity contribution is 0.0540. The monoisotopic (exact) mass is 547 g/mol. The van der Waals surface area contributed by atoms with Gasteiger partial charge in [0.15, 0.2) is 10.8 Å². The van der Waals surface area contributed by atoms with E-state index in [1.807, 2.05) is 4.90 Å². The van der Waals surface area contributed by atoms with Crippen molar-refractivity contribution in [1.29, 1.82) is 0 Å². The van der Waals surface area contributed by atoms with Crippen molar-refractivity contribution in [2.75, 3.05) is 31.7 Å². The van der Waals surface area contributed by atoms with Crippen LogP contribution >= 0.6 is 34.5 Å². The van der Waals surface area contributed by atoms with Gasteiger partial charge in [0.1, 0.15) is 10.6 Å². The molecule has 3 heterocycles. The molecular formula is C21H27Cl2N5O6S. The van der Waals surface area contributed by atoms with Crippen molar-refractivity contribution in [3.63, 3.8) is 0 Å². The van der Waals surface area contributed by atoms with Gasteiger partial charge in [-0.1, -0.05) is 34.5 Å². The molecule has 1 saturated heterocycles. The van der Waals surface area contributed by atoms with Gasteiger partial charge >= 0.3 is 5.97 Å². The number of ether oxygens (including phenoxy) is 1. The number of halogens is 2. The highest BCUT2D eigenvalue weighted by Crippen LogP contribution is 2.31. The van der Waals surface area contributed by atoms with E-state index in [4.69, 9.17) is 27.9 Å². The van der Waals surface area contributed by atoms with E-state index in [0.29, 0.717) is 30.3 Å². The second-order valence-corrected chi connectivity index (χ2v) is 10.6. The van der Waals surface area contributed by atoms with E-state index in [-0.39, 0.29) is 39.0 Å². The van der Waals surface area contributed by atoms with Crippen molar-refractivity contribution < 1.29 is 29.3 Å². The number of H-pyrrole nitrogens is 1. The lowest BCUT2D eigenvalue weighted by Gasteiger charge is -2.37. The van der Waals surface area contributed by atoms with Crippen LogP contribution in [0.2, 0.25) is 10.0 Å². The summed E-state index contributed by atoms with van der Waals surface area (Å²) < 4.78 is 5.59. The van der Waals surface area contributed by atoms with E-state index < -0.39 is 29.4 Å². The number of aromatic amines is 1. The average molecular weight is 548 g/mol. The average Bonchev–Trinajstić information content (AvgIpc) is 3.37. The van der Waals surface area contributed by atoms with Gasteiger partial charge in [-0.25, -0.2) is 9.78 Å². The molecule has 2 atom stereocenters. The van der Waals surface area contributed by atoms with E-state index in [2.05, 4.69) is 20.6 Å². The molecule has 192 valence electrons. The first-order valence-corrected chi connectivity index (χ1v) is 12.3. The van der Waals surface area contributed by atoms with Crippen LogP contribution < -0.4 is 15.5 Å². The second-order valence-electron chi connectivity index (χ2n) is 8.82. The van der Waals surface area contributed by atoms with E-state index in [1.54, 1.807) is 20.8 Å². The molecule has 0 bridgehead atoms. The lowest BCUT2D eigenvalue weighted by atomic mass is 10.0. The van der Waals surface area contributed by atoms with Crippen LogP contribution in [0.25, 0.3) is 0 Å². The fourth-order valence-electron chi connectivity index (χ4n) is 3.61. The molecule has 2 amide bonds. The fourth-order valence-corrected chi connectivity index (χ4v) is 4.97. The summed E-state index contributed by atoms with van der Waals surface area (Å²) >= 11 is 13.1. The minimum Gasteiger partial charge on any atom is -0.477 e. The molecule has 1 aliphatic rings. The number of aliphatic hydroxyl groups is 1. The molecule has 11 nitrogen and oxygen atoms in total. The number of carbonyl (C=O) groups excluding carboxylic acids is 2. The topological polar surface area (TPSA) is 157 Å². The molecule has 1 aliphatic heterocycles. The number of nitrogens with zero attached hydrogens (tertiary/aromatic N) is 2. The Kier molecular flexibility index (Phi) is 8.32. The number of aryl methyl sites for hydroxylation is 1. The Hall–Kier alpha value is -2.38. The van der Waals surface area contributed by atoms with E-state index in [9.17, 15) is 24.6 Å². The minimum atomic E-state index is -1.28. The van der Waals surface area contributed by atoms with Gasteiger partial charge in [-0.3, -0.25) is 9.59 Å². The molecule has 0 aliphatic carbocycles. The van der Waals surface area contributed by atoms with Crippen molar-refractivity contribution in [2.45, 2.75) is 44.9 Å². The van der Waals surface area contributed by atoms with Crippen molar-refractivity contribution in [3.8, 4) is 0 Å². The molecule has 2 aromatic heterocycles. The Morgan fingerprint density at radius 2 is 1.97 bits per heavy atom. The largest absolute Gasteiger partial charge is 0.477 e. The number of aromatic nitrogens is 2. The summed E-state index contributed by atoms with van der Waals surface area (Å²) in [5.74, 6) is -2.38. The molecule has 2 aromatic rings. The Bertz CT molecular complexity index is 1130. The normalized spacial score (nSPS) is 18.4. The van der Waals surface area contributed by atoms with Crippen LogP contribution in [0, 0.1) is 6.92 Å². The van der Waals surface area contributed by atoms with Crippen molar-refractivity contribution in [3.05, 3.63) is 32.0 Å². The maximum Gasteiger partial charge on any atom is 0.348 e. The quantitative estimate of drug-likeness (QED) is 0.337. The Morgan fingerprint density at radius 3 is 2.51 bits per heavy atom. The van der Waals surface area contributed by atoms with Crippen LogP contribution in [0.3, 0.4) is 0 Å².